The first-order valence-corrected chi connectivity index (χ1v) is 17.7. The lowest BCUT2D eigenvalue weighted by Gasteiger charge is -2.29. The van der Waals surface area contributed by atoms with Crippen molar-refractivity contribution < 1.29 is 47.6 Å². The van der Waals surface area contributed by atoms with Crippen molar-refractivity contribution in [2.45, 2.75) is 88.7 Å². The fourth-order valence-corrected chi connectivity index (χ4v) is 6.65. The van der Waals surface area contributed by atoms with Gasteiger partial charge < -0.3 is 34.7 Å². The molecule has 17 heteroatoms. The number of para-hydroxylation sites is 1. The van der Waals surface area contributed by atoms with Gasteiger partial charge in [0, 0.05) is 0 Å². The van der Waals surface area contributed by atoms with Crippen LogP contribution in [0.2, 0.25) is 0 Å². The van der Waals surface area contributed by atoms with Crippen molar-refractivity contribution >= 4 is 31.0 Å². The van der Waals surface area contributed by atoms with Crippen LogP contribution in [0, 0.1) is 11.3 Å². The summed E-state index contributed by atoms with van der Waals surface area (Å²) >= 11 is 0. The van der Waals surface area contributed by atoms with E-state index in [0.717, 1.165) is 25.7 Å². The number of esters is 2. The number of anilines is 1. The number of rotatable bonds is 19. The van der Waals surface area contributed by atoms with Crippen molar-refractivity contribution in [3.05, 3.63) is 54.5 Å². The van der Waals surface area contributed by atoms with Crippen LogP contribution in [0.5, 0.6) is 5.75 Å². The first-order chi connectivity index (χ1) is 23.6. The van der Waals surface area contributed by atoms with Crippen molar-refractivity contribution in [2.75, 3.05) is 25.6 Å². The first kappa shape index (κ1) is 37.7. The average Bonchev–Trinajstić information content (AvgIpc) is 3.63. The Labute approximate surface area is 284 Å². The number of carbonyl (C=O) groups is 2. The minimum absolute atomic E-state index is 0.0585. The van der Waals surface area contributed by atoms with Crippen molar-refractivity contribution in [1.82, 2.24) is 19.7 Å². The molecule has 16 nitrogen and oxygen atoms in total. The molecule has 0 aliphatic carbocycles. The highest BCUT2D eigenvalue weighted by atomic mass is 31.2. The molecule has 0 bridgehead atoms. The van der Waals surface area contributed by atoms with E-state index in [9.17, 15) is 29.6 Å². The van der Waals surface area contributed by atoms with E-state index >= 15 is 0 Å². The molecule has 1 aliphatic heterocycles. The second-order valence-electron chi connectivity index (χ2n) is 11.5. The molecule has 1 saturated heterocycles. The van der Waals surface area contributed by atoms with Crippen LogP contribution in [-0.2, 0) is 32.9 Å². The zero-order valence-electron chi connectivity index (χ0n) is 27.5. The number of unbranched alkanes of at least 4 members (excludes halogenated alkanes) is 4. The Morgan fingerprint density at radius 2 is 1.80 bits per heavy atom. The smallest absolute Gasteiger partial charge is 0.459 e. The van der Waals surface area contributed by atoms with Crippen LogP contribution in [0.15, 0.2) is 48.8 Å². The molecule has 4 rings (SSSR count). The van der Waals surface area contributed by atoms with E-state index in [4.69, 9.17) is 29.0 Å². The summed E-state index contributed by atoms with van der Waals surface area (Å²) in [5.41, 5.74) is 4.29. The number of nitrogens with zero attached hydrogens (tertiary/aromatic N) is 4. The van der Waals surface area contributed by atoms with Gasteiger partial charge in [0.2, 0.25) is 5.60 Å². The third kappa shape index (κ3) is 9.54. The number of fused-ring (bicyclic) bond motifs is 1. The van der Waals surface area contributed by atoms with Crippen molar-refractivity contribution in [3.63, 3.8) is 0 Å². The Kier molecular flexibility index (Phi) is 13.5. The molecule has 266 valence electrons. The highest BCUT2D eigenvalue weighted by Gasteiger charge is 2.57. The predicted molar refractivity (Wildman–Crippen MR) is 175 cm³/mol. The molecular formula is C32H43N6O10P. The number of nitrogen functional groups attached to an aromatic ring is 1. The maximum Gasteiger partial charge on any atom is 0.459 e. The lowest BCUT2D eigenvalue weighted by atomic mass is 9.96. The van der Waals surface area contributed by atoms with Gasteiger partial charge in [0.1, 0.15) is 54.6 Å². The summed E-state index contributed by atoms with van der Waals surface area (Å²) < 4.78 is 43.8. The Balaban J connectivity index is 1.59. The van der Waals surface area contributed by atoms with Gasteiger partial charge in [-0.3, -0.25) is 14.1 Å². The summed E-state index contributed by atoms with van der Waals surface area (Å²) in [6.45, 7) is 3.28. The van der Waals surface area contributed by atoms with Crippen LogP contribution < -0.4 is 15.3 Å². The molecule has 6 atom stereocenters. The van der Waals surface area contributed by atoms with Gasteiger partial charge in [0.25, 0.3) is 0 Å². The summed E-state index contributed by atoms with van der Waals surface area (Å²) in [6, 6.07) is 11.3. The van der Waals surface area contributed by atoms with Crippen molar-refractivity contribution in [1.29, 1.82) is 5.26 Å². The molecule has 5 N–H and O–H groups in total. The maximum atomic E-state index is 14.4. The van der Waals surface area contributed by atoms with Crippen molar-refractivity contribution in [2.24, 2.45) is 0 Å². The number of aliphatic hydroxyl groups excluding tert-OH is 2. The van der Waals surface area contributed by atoms with E-state index in [-0.39, 0.29) is 30.5 Å². The van der Waals surface area contributed by atoms with E-state index < -0.39 is 62.7 Å². The number of ether oxygens (including phenoxy) is 3. The molecule has 2 aromatic heterocycles. The minimum atomic E-state index is -4.69. The number of aromatic nitrogens is 3. The molecule has 1 aromatic carbocycles. The number of hydrogen-bond donors (Lipinski definition) is 4. The molecule has 1 unspecified atom stereocenters. The molecule has 0 radical (unpaired) electrons. The third-order valence-corrected chi connectivity index (χ3v) is 9.38. The quantitative estimate of drug-likeness (QED) is 0.0797. The lowest BCUT2D eigenvalue weighted by Crippen LogP contribution is -2.46. The zero-order chi connectivity index (χ0) is 35.4. The summed E-state index contributed by atoms with van der Waals surface area (Å²) in [7, 11) is -4.69. The van der Waals surface area contributed by atoms with Crippen LogP contribution in [0.25, 0.3) is 5.52 Å². The SMILES string of the molecule is CCCCCOC(=O)C[C@H](NP(=O)(OC[C@@]1(C#N)O[C@@H](c2ccc3c(N)ncnn23)[C@H](O)[C@@H]1O)Oc1ccccc1)C(=O)OCCCCC. The van der Waals surface area contributed by atoms with Gasteiger partial charge >= 0.3 is 19.7 Å². The number of hydrogen-bond acceptors (Lipinski definition) is 14. The number of aliphatic hydroxyl groups is 2. The summed E-state index contributed by atoms with van der Waals surface area (Å²) in [5, 5.41) is 39.0. The summed E-state index contributed by atoms with van der Waals surface area (Å²) in [5.74, 6) is -1.43. The van der Waals surface area contributed by atoms with E-state index in [0.29, 0.717) is 18.4 Å². The molecule has 1 aliphatic rings. The predicted octanol–water partition coefficient (Wildman–Crippen LogP) is 3.39. The van der Waals surface area contributed by atoms with Gasteiger partial charge in [-0.05, 0) is 37.1 Å². The van der Waals surface area contributed by atoms with Crippen LogP contribution in [-0.4, -0.2) is 80.4 Å². The number of nitrogens with two attached hydrogens (primary N) is 1. The molecule has 0 spiro atoms. The standard InChI is InChI=1S/C32H43N6O10P/c1-3-5-10-16-44-26(39)18-23(31(42)45-17-11-6-4-2)37-49(43,48-22-12-8-7-9-13-22)46-20-32(19-33)29(41)27(40)28(47-32)24-14-15-25-30(34)35-21-36-38(24)25/h7-9,12-15,21,23,27-29,40-41H,3-6,10-11,16-18,20H2,1-2H3,(H,37,43)(H2,34,35,36)/t23-,27-,28-,29-,32+,49?/m0/s1. The molecule has 0 saturated carbocycles. The van der Waals surface area contributed by atoms with Gasteiger partial charge in [-0.15, -0.1) is 0 Å². The van der Waals surface area contributed by atoms with Crippen LogP contribution in [0.4, 0.5) is 5.82 Å². The maximum absolute atomic E-state index is 14.4. The topological polar surface area (TPSA) is 230 Å². The second-order valence-corrected chi connectivity index (χ2v) is 13.2. The monoisotopic (exact) mass is 702 g/mol. The number of nitrogens with one attached hydrogen (secondary N) is 1. The fourth-order valence-electron chi connectivity index (χ4n) is 5.13. The summed E-state index contributed by atoms with van der Waals surface area (Å²) in [6.07, 6.45) is 0.435. The van der Waals surface area contributed by atoms with Gasteiger partial charge in [-0.1, -0.05) is 57.7 Å². The Morgan fingerprint density at radius 1 is 1.10 bits per heavy atom. The molecule has 1 fully saturated rings. The van der Waals surface area contributed by atoms with E-state index in [1.165, 1.54) is 29.0 Å². The zero-order valence-corrected chi connectivity index (χ0v) is 28.4. The van der Waals surface area contributed by atoms with E-state index in [1.807, 2.05) is 19.9 Å². The van der Waals surface area contributed by atoms with E-state index in [1.54, 1.807) is 24.3 Å². The fraction of sp³-hybridized carbons (Fsp3) is 0.531. The highest BCUT2D eigenvalue weighted by Crippen LogP contribution is 2.48. The number of benzene rings is 1. The Morgan fingerprint density at radius 3 is 2.47 bits per heavy atom. The van der Waals surface area contributed by atoms with Crippen molar-refractivity contribution in [3.8, 4) is 11.8 Å². The first-order valence-electron chi connectivity index (χ1n) is 16.2. The molecular weight excluding hydrogens is 659 g/mol. The minimum Gasteiger partial charge on any atom is -0.466 e. The highest BCUT2D eigenvalue weighted by molar-refractivity contribution is 7.52. The lowest BCUT2D eigenvalue weighted by molar-refractivity contribution is -0.152. The van der Waals surface area contributed by atoms with Gasteiger partial charge in [-0.2, -0.15) is 15.4 Å². The normalized spacial score (nSPS) is 22.2. The molecule has 49 heavy (non-hydrogen) atoms. The van der Waals surface area contributed by atoms with Crippen LogP contribution in [0.3, 0.4) is 0 Å². The second kappa shape index (κ2) is 17.5. The average molecular weight is 703 g/mol. The van der Waals surface area contributed by atoms with Crippen LogP contribution in [0.1, 0.15) is 70.6 Å². The largest absolute Gasteiger partial charge is 0.466 e. The van der Waals surface area contributed by atoms with Crippen LogP contribution >= 0.6 is 7.75 Å². The third-order valence-electron chi connectivity index (χ3n) is 7.83. The number of nitriles is 1. The Bertz CT molecular complexity index is 1640. The Hall–Kier alpha value is -4.10. The molecule has 3 heterocycles. The number of carbonyl (C=O) groups excluding carboxylic acids is 2. The summed E-state index contributed by atoms with van der Waals surface area (Å²) in [4.78, 5) is 29.9. The van der Waals surface area contributed by atoms with E-state index in [2.05, 4.69) is 15.2 Å². The van der Waals surface area contributed by atoms with Gasteiger partial charge in [0.15, 0.2) is 5.82 Å². The molecule has 0 amide bonds. The van der Waals surface area contributed by atoms with Gasteiger partial charge in [0.05, 0.1) is 25.3 Å². The molecule has 3 aromatic rings. The van der Waals surface area contributed by atoms with Gasteiger partial charge in [-0.25, -0.2) is 14.1 Å².